The van der Waals surface area contributed by atoms with Gasteiger partial charge in [-0.15, -0.1) is 0 Å². The van der Waals surface area contributed by atoms with Gasteiger partial charge in [-0.3, -0.25) is 0 Å². The first-order chi connectivity index (χ1) is 9.15. The minimum absolute atomic E-state index is 0.461. The lowest BCUT2D eigenvalue weighted by molar-refractivity contribution is 0.380. The molecule has 1 aromatic heterocycles. The third-order valence-electron chi connectivity index (χ3n) is 4.39. The molecule has 3 rings (SSSR count). The molecule has 0 saturated carbocycles. The highest BCUT2D eigenvalue weighted by Gasteiger charge is 2.36. The molecule has 2 aliphatic rings. The van der Waals surface area contributed by atoms with Crippen LogP contribution in [0.4, 0.5) is 5.95 Å². The SMILES string of the molecule is Cc1cc(C(C)C)nc(N2CCCC3CNCC32)n1. The molecule has 0 aliphatic carbocycles. The summed E-state index contributed by atoms with van der Waals surface area (Å²) in [6, 6.07) is 2.71. The van der Waals surface area contributed by atoms with Crippen LogP contribution in [0.3, 0.4) is 0 Å². The Morgan fingerprint density at radius 3 is 2.95 bits per heavy atom. The van der Waals surface area contributed by atoms with E-state index >= 15 is 0 Å². The number of hydrogen-bond donors (Lipinski definition) is 1. The third kappa shape index (κ3) is 2.46. The maximum atomic E-state index is 4.80. The van der Waals surface area contributed by atoms with Gasteiger partial charge in [-0.1, -0.05) is 13.8 Å². The quantitative estimate of drug-likeness (QED) is 0.884. The average Bonchev–Trinajstić information content (AvgIpc) is 2.85. The number of aromatic nitrogens is 2. The van der Waals surface area contributed by atoms with Crippen LogP contribution in [0.25, 0.3) is 0 Å². The van der Waals surface area contributed by atoms with Crippen molar-refractivity contribution in [1.29, 1.82) is 0 Å². The van der Waals surface area contributed by atoms with E-state index in [9.17, 15) is 0 Å². The van der Waals surface area contributed by atoms with Crippen LogP contribution in [0.15, 0.2) is 6.07 Å². The van der Waals surface area contributed by atoms with Gasteiger partial charge in [-0.25, -0.2) is 9.97 Å². The molecule has 4 nitrogen and oxygen atoms in total. The van der Waals surface area contributed by atoms with Crippen molar-refractivity contribution in [2.75, 3.05) is 24.5 Å². The summed E-state index contributed by atoms with van der Waals surface area (Å²) in [4.78, 5) is 11.9. The van der Waals surface area contributed by atoms with Crippen LogP contribution >= 0.6 is 0 Å². The van der Waals surface area contributed by atoms with Gasteiger partial charge in [0.15, 0.2) is 0 Å². The lowest BCUT2D eigenvalue weighted by atomic mass is 9.92. The molecule has 19 heavy (non-hydrogen) atoms. The van der Waals surface area contributed by atoms with Crippen LogP contribution in [-0.2, 0) is 0 Å². The van der Waals surface area contributed by atoms with Gasteiger partial charge in [0.25, 0.3) is 0 Å². The number of anilines is 1. The summed E-state index contributed by atoms with van der Waals surface area (Å²) in [7, 11) is 0. The van der Waals surface area contributed by atoms with Crippen LogP contribution in [0.1, 0.15) is 44.0 Å². The van der Waals surface area contributed by atoms with Crippen molar-refractivity contribution in [3.8, 4) is 0 Å². The Kier molecular flexibility index (Phi) is 3.44. The van der Waals surface area contributed by atoms with Gasteiger partial charge >= 0.3 is 0 Å². The highest BCUT2D eigenvalue weighted by molar-refractivity contribution is 5.36. The summed E-state index contributed by atoms with van der Waals surface area (Å²) in [5, 5.41) is 3.52. The summed E-state index contributed by atoms with van der Waals surface area (Å²) in [5.74, 6) is 2.19. The summed E-state index contributed by atoms with van der Waals surface area (Å²) >= 11 is 0. The van der Waals surface area contributed by atoms with Crippen LogP contribution in [-0.4, -0.2) is 35.6 Å². The molecule has 2 aliphatic heterocycles. The predicted octanol–water partition coefficient (Wildman–Crippen LogP) is 2.10. The van der Waals surface area contributed by atoms with Gasteiger partial charge in [0.2, 0.25) is 5.95 Å². The molecular formula is C15H24N4. The highest BCUT2D eigenvalue weighted by atomic mass is 15.3. The summed E-state index contributed by atoms with van der Waals surface area (Å²) < 4.78 is 0. The van der Waals surface area contributed by atoms with Crippen molar-refractivity contribution in [2.45, 2.75) is 45.6 Å². The van der Waals surface area contributed by atoms with E-state index in [2.05, 4.69) is 42.0 Å². The molecule has 0 aromatic carbocycles. The normalized spacial score (nSPS) is 26.8. The largest absolute Gasteiger partial charge is 0.336 e. The summed E-state index contributed by atoms with van der Waals surface area (Å²) in [5.41, 5.74) is 2.25. The third-order valence-corrected chi connectivity index (χ3v) is 4.39. The van der Waals surface area contributed by atoms with Gasteiger partial charge in [0.05, 0.1) is 0 Å². The van der Waals surface area contributed by atoms with E-state index in [0.29, 0.717) is 12.0 Å². The Labute approximate surface area is 115 Å². The maximum Gasteiger partial charge on any atom is 0.226 e. The van der Waals surface area contributed by atoms with E-state index in [4.69, 9.17) is 4.98 Å². The number of hydrogen-bond acceptors (Lipinski definition) is 4. The number of nitrogens with zero attached hydrogens (tertiary/aromatic N) is 3. The predicted molar refractivity (Wildman–Crippen MR) is 77.6 cm³/mol. The minimum atomic E-state index is 0.461. The molecule has 2 unspecified atom stereocenters. The monoisotopic (exact) mass is 260 g/mol. The zero-order valence-electron chi connectivity index (χ0n) is 12.2. The van der Waals surface area contributed by atoms with Crippen molar-refractivity contribution in [1.82, 2.24) is 15.3 Å². The van der Waals surface area contributed by atoms with E-state index in [0.717, 1.165) is 42.9 Å². The van der Waals surface area contributed by atoms with E-state index in [1.165, 1.54) is 12.8 Å². The number of nitrogens with one attached hydrogen (secondary N) is 1. The summed E-state index contributed by atoms with van der Waals surface area (Å²) in [6.07, 6.45) is 2.61. The standard InChI is InChI=1S/C15H24N4/c1-10(2)13-7-11(3)17-15(18-13)19-6-4-5-12-8-16-9-14(12)19/h7,10,12,14,16H,4-6,8-9H2,1-3H3. The first kappa shape index (κ1) is 12.9. The second-order valence-corrected chi connectivity index (χ2v) is 6.21. The van der Waals surface area contributed by atoms with Crippen LogP contribution in [0, 0.1) is 12.8 Å². The van der Waals surface area contributed by atoms with E-state index < -0.39 is 0 Å². The van der Waals surface area contributed by atoms with Crippen molar-refractivity contribution in [3.05, 3.63) is 17.5 Å². The average molecular weight is 260 g/mol. The van der Waals surface area contributed by atoms with Gasteiger partial charge in [0, 0.05) is 37.1 Å². The Balaban J connectivity index is 1.92. The van der Waals surface area contributed by atoms with Gasteiger partial charge in [0.1, 0.15) is 0 Å². The topological polar surface area (TPSA) is 41.1 Å². The fraction of sp³-hybridized carbons (Fsp3) is 0.733. The first-order valence-corrected chi connectivity index (χ1v) is 7.48. The first-order valence-electron chi connectivity index (χ1n) is 7.48. The van der Waals surface area contributed by atoms with Crippen molar-refractivity contribution in [2.24, 2.45) is 5.92 Å². The van der Waals surface area contributed by atoms with E-state index in [1.807, 2.05) is 0 Å². The van der Waals surface area contributed by atoms with E-state index in [1.54, 1.807) is 0 Å². The molecule has 3 heterocycles. The fourth-order valence-corrected chi connectivity index (χ4v) is 3.32. The molecule has 2 saturated heterocycles. The molecule has 0 amide bonds. The van der Waals surface area contributed by atoms with Crippen molar-refractivity contribution < 1.29 is 0 Å². The van der Waals surface area contributed by atoms with E-state index in [-0.39, 0.29) is 0 Å². The second-order valence-electron chi connectivity index (χ2n) is 6.21. The lowest BCUT2D eigenvalue weighted by Gasteiger charge is -2.37. The molecule has 2 fully saturated rings. The van der Waals surface area contributed by atoms with Gasteiger partial charge in [-0.2, -0.15) is 0 Å². The zero-order valence-corrected chi connectivity index (χ0v) is 12.2. The number of aryl methyl sites for hydroxylation is 1. The Bertz CT molecular complexity index is 457. The Hall–Kier alpha value is -1.16. The molecule has 1 N–H and O–H groups in total. The van der Waals surface area contributed by atoms with Crippen LogP contribution in [0.5, 0.6) is 0 Å². The Morgan fingerprint density at radius 1 is 1.32 bits per heavy atom. The summed E-state index contributed by atoms with van der Waals surface area (Å²) in [6.45, 7) is 9.81. The number of rotatable bonds is 2. The molecule has 0 spiro atoms. The Morgan fingerprint density at radius 2 is 2.16 bits per heavy atom. The molecule has 104 valence electrons. The maximum absolute atomic E-state index is 4.80. The van der Waals surface area contributed by atoms with Crippen LogP contribution in [0.2, 0.25) is 0 Å². The lowest BCUT2D eigenvalue weighted by Crippen LogP contribution is -2.46. The van der Waals surface area contributed by atoms with Crippen molar-refractivity contribution in [3.63, 3.8) is 0 Å². The molecule has 2 atom stereocenters. The number of piperidine rings is 1. The smallest absolute Gasteiger partial charge is 0.226 e. The molecule has 0 bridgehead atoms. The molecule has 0 radical (unpaired) electrons. The zero-order chi connectivity index (χ0) is 13.4. The fourth-order valence-electron chi connectivity index (χ4n) is 3.32. The van der Waals surface area contributed by atoms with Gasteiger partial charge < -0.3 is 10.2 Å². The molecular weight excluding hydrogens is 236 g/mol. The highest BCUT2D eigenvalue weighted by Crippen LogP contribution is 2.29. The second kappa shape index (κ2) is 5.08. The minimum Gasteiger partial charge on any atom is -0.336 e. The molecule has 1 aromatic rings. The number of fused-ring (bicyclic) bond motifs is 1. The van der Waals surface area contributed by atoms with Gasteiger partial charge in [-0.05, 0) is 37.7 Å². The van der Waals surface area contributed by atoms with Crippen molar-refractivity contribution >= 4 is 5.95 Å². The van der Waals surface area contributed by atoms with Crippen LogP contribution < -0.4 is 10.2 Å². The molecule has 4 heteroatoms.